The lowest BCUT2D eigenvalue weighted by molar-refractivity contribution is 0.0117. The van der Waals surface area contributed by atoms with Crippen LogP contribution in [-0.4, -0.2) is 11.3 Å². The van der Waals surface area contributed by atoms with Gasteiger partial charge in [-0.2, -0.15) is 0 Å². The van der Waals surface area contributed by atoms with Crippen LogP contribution in [0.1, 0.15) is 64.2 Å². The summed E-state index contributed by atoms with van der Waals surface area (Å²) < 4.78 is 13.8. The molecule has 121 valence electrons. The van der Waals surface area contributed by atoms with Crippen molar-refractivity contribution in [1.29, 1.82) is 0 Å². The fourth-order valence-electron chi connectivity index (χ4n) is 8.82. The highest BCUT2D eigenvalue weighted by Gasteiger charge is 2.56. The molecule has 1 radical (unpaired) electrons. The molecule has 0 spiro atoms. The van der Waals surface area contributed by atoms with E-state index in [2.05, 4.69) is 0 Å². The monoisotopic (exact) mass is 317 g/mol. The third kappa shape index (κ3) is 1.78. The molecule has 0 heterocycles. The minimum atomic E-state index is -0.930. The zero-order valence-corrected chi connectivity index (χ0v) is 14.6. The molecule has 0 unspecified atom stereocenters. The molecule has 8 saturated carbocycles. The lowest BCUT2D eigenvalue weighted by Crippen LogP contribution is -2.51. The molecule has 8 aliphatic carbocycles. The summed E-state index contributed by atoms with van der Waals surface area (Å²) in [6.07, 6.45) is 14.6. The van der Waals surface area contributed by atoms with Crippen LogP contribution in [0.2, 0.25) is 0 Å². The van der Waals surface area contributed by atoms with E-state index in [1.807, 2.05) is 0 Å². The summed E-state index contributed by atoms with van der Waals surface area (Å²) in [4.78, 5) is 0. The highest BCUT2D eigenvalue weighted by Crippen LogP contribution is 2.67. The maximum atomic E-state index is 13.8. The minimum absolute atomic E-state index is 0.658. The Morgan fingerprint density at radius 2 is 0.727 bits per heavy atom. The van der Waals surface area contributed by atoms with Crippen molar-refractivity contribution in [3.63, 3.8) is 0 Å². The average Bonchev–Trinajstić information content (AvgIpc) is 2.44. The van der Waals surface area contributed by atoms with Crippen LogP contribution in [-0.2, 0) is 4.57 Å². The van der Waals surface area contributed by atoms with Crippen molar-refractivity contribution in [2.75, 3.05) is 0 Å². The van der Waals surface area contributed by atoms with Crippen molar-refractivity contribution >= 4 is 7.80 Å². The first-order valence-corrected chi connectivity index (χ1v) is 11.6. The minimum Gasteiger partial charge on any atom is -0.287 e. The normalized spacial score (nSPS) is 61.7. The van der Waals surface area contributed by atoms with Crippen molar-refractivity contribution in [3.05, 3.63) is 0 Å². The lowest BCUT2D eigenvalue weighted by atomic mass is 9.56. The van der Waals surface area contributed by atoms with Crippen LogP contribution >= 0.6 is 7.80 Å². The second kappa shape index (κ2) is 4.59. The maximum Gasteiger partial charge on any atom is 0.0793 e. The van der Waals surface area contributed by atoms with E-state index in [9.17, 15) is 4.57 Å². The van der Waals surface area contributed by atoms with Gasteiger partial charge >= 0.3 is 0 Å². The predicted molar refractivity (Wildman–Crippen MR) is 89.3 cm³/mol. The first-order chi connectivity index (χ1) is 10.7. The third-order valence-electron chi connectivity index (χ3n) is 8.94. The van der Waals surface area contributed by atoms with Crippen LogP contribution in [0.15, 0.2) is 0 Å². The molecule has 22 heavy (non-hydrogen) atoms. The summed E-state index contributed by atoms with van der Waals surface area (Å²) in [5.41, 5.74) is 1.32. The standard InChI is InChI=1S/C20H30OP/c21-22(19-15-3-11-1-12(5-15)6-16(19)4-11)20-17-7-13-2-14(9-17)10-18(20)8-13/h11-20H,1-10H2. The zero-order chi connectivity index (χ0) is 14.4. The van der Waals surface area contributed by atoms with Gasteiger partial charge in [-0.05, 0) is 112 Å². The number of hydrogen-bond donors (Lipinski definition) is 0. The summed E-state index contributed by atoms with van der Waals surface area (Å²) >= 11 is 0. The van der Waals surface area contributed by atoms with Crippen molar-refractivity contribution in [2.45, 2.75) is 75.5 Å². The van der Waals surface area contributed by atoms with E-state index < -0.39 is 7.80 Å². The molecular weight excluding hydrogens is 287 g/mol. The van der Waals surface area contributed by atoms with Crippen LogP contribution < -0.4 is 0 Å². The van der Waals surface area contributed by atoms with Gasteiger partial charge in [0.2, 0.25) is 0 Å². The molecule has 0 aromatic rings. The van der Waals surface area contributed by atoms with E-state index in [-0.39, 0.29) is 0 Å². The van der Waals surface area contributed by atoms with Gasteiger partial charge in [0.25, 0.3) is 0 Å². The fraction of sp³-hybridized carbons (Fsp3) is 1.00. The summed E-state index contributed by atoms with van der Waals surface area (Å²) in [7, 11) is -0.930. The van der Waals surface area contributed by atoms with E-state index in [4.69, 9.17) is 0 Å². The molecule has 8 aliphatic rings. The molecule has 0 aromatic heterocycles. The van der Waals surface area contributed by atoms with E-state index in [1.165, 1.54) is 64.2 Å². The molecule has 8 bridgehead atoms. The van der Waals surface area contributed by atoms with Gasteiger partial charge in [-0.3, -0.25) is 4.57 Å². The summed E-state index contributed by atoms with van der Waals surface area (Å²) in [5, 5.41) is 0. The van der Waals surface area contributed by atoms with Gasteiger partial charge < -0.3 is 0 Å². The Morgan fingerprint density at radius 1 is 0.455 bits per heavy atom. The van der Waals surface area contributed by atoms with Gasteiger partial charge in [0, 0.05) is 11.3 Å². The molecule has 1 nitrogen and oxygen atoms in total. The summed E-state index contributed by atoms with van der Waals surface area (Å²) in [6, 6.07) is 0. The number of rotatable bonds is 2. The summed E-state index contributed by atoms with van der Waals surface area (Å²) in [5.74, 6) is 7.60. The predicted octanol–water partition coefficient (Wildman–Crippen LogP) is 5.46. The van der Waals surface area contributed by atoms with Crippen LogP contribution in [0.4, 0.5) is 0 Å². The largest absolute Gasteiger partial charge is 0.287 e. The molecule has 0 atom stereocenters. The first-order valence-electron chi connectivity index (χ1n) is 10.2. The molecule has 8 fully saturated rings. The molecule has 0 amide bonds. The summed E-state index contributed by atoms with van der Waals surface area (Å²) in [6.45, 7) is 0. The lowest BCUT2D eigenvalue weighted by Gasteiger charge is -2.58. The van der Waals surface area contributed by atoms with Gasteiger partial charge in [-0.15, -0.1) is 0 Å². The Balaban J connectivity index is 1.29. The highest BCUT2D eigenvalue weighted by atomic mass is 31.1. The van der Waals surface area contributed by atoms with Gasteiger partial charge in [0.1, 0.15) is 0 Å². The van der Waals surface area contributed by atoms with Crippen molar-refractivity contribution < 1.29 is 4.57 Å². The van der Waals surface area contributed by atoms with Crippen molar-refractivity contribution in [1.82, 2.24) is 0 Å². The second-order valence-electron chi connectivity index (χ2n) is 10.2. The molecule has 2 heteroatoms. The van der Waals surface area contributed by atoms with Crippen LogP contribution in [0.5, 0.6) is 0 Å². The van der Waals surface area contributed by atoms with E-state index in [0.29, 0.717) is 11.3 Å². The van der Waals surface area contributed by atoms with E-state index in [0.717, 1.165) is 47.3 Å². The van der Waals surface area contributed by atoms with E-state index >= 15 is 0 Å². The Morgan fingerprint density at radius 3 is 1.00 bits per heavy atom. The smallest absolute Gasteiger partial charge is 0.0793 e. The SMILES string of the molecule is O=[P](C1C2CC3CC(C2)CC1C3)C1C2CC3CC(C2)CC1C3. The second-order valence-corrected chi connectivity index (χ2v) is 12.1. The Labute approximate surface area is 135 Å². The molecule has 0 aromatic carbocycles. The highest BCUT2D eigenvalue weighted by molar-refractivity contribution is 7.46. The molecule has 0 aliphatic heterocycles. The quantitative estimate of drug-likeness (QED) is 0.618. The molecule has 0 saturated heterocycles. The molecule has 8 rings (SSSR count). The van der Waals surface area contributed by atoms with Crippen molar-refractivity contribution in [2.24, 2.45) is 47.3 Å². The Kier molecular flexibility index (Phi) is 2.79. The van der Waals surface area contributed by atoms with Gasteiger partial charge in [-0.25, -0.2) is 0 Å². The third-order valence-corrected chi connectivity index (χ3v) is 11.8. The Hall–Kier alpha value is 0.100. The fourth-order valence-corrected chi connectivity index (χ4v) is 11.9. The van der Waals surface area contributed by atoms with Gasteiger partial charge in [0.15, 0.2) is 0 Å². The van der Waals surface area contributed by atoms with Gasteiger partial charge in [0.05, 0.1) is 7.80 Å². The van der Waals surface area contributed by atoms with Crippen LogP contribution in [0, 0.1) is 47.3 Å². The van der Waals surface area contributed by atoms with Crippen LogP contribution in [0.3, 0.4) is 0 Å². The molecular formula is C20H30OP. The van der Waals surface area contributed by atoms with E-state index in [1.54, 1.807) is 0 Å². The molecule has 0 N–H and O–H groups in total. The Bertz CT molecular complexity index is 412. The van der Waals surface area contributed by atoms with Gasteiger partial charge in [-0.1, -0.05) is 0 Å². The van der Waals surface area contributed by atoms with Crippen molar-refractivity contribution in [3.8, 4) is 0 Å². The maximum absolute atomic E-state index is 13.8. The first kappa shape index (κ1) is 13.4. The van der Waals surface area contributed by atoms with Crippen LogP contribution in [0.25, 0.3) is 0 Å². The number of hydrogen-bond acceptors (Lipinski definition) is 1. The topological polar surface area (TPSA) is 17.1 Å². The average molecular weight is 317 g/mol. The zero-order valence-electron chi connectivity index (χ0n) is 13.7.